The molecule has 284 valence electrons. The molecule has 5 atom stereocenters. The summed E-state index contributed by atoms with van der Waals surface area (Å²) in [5, 5.41) is 53.5. The predicted molar refractivity (Wildman–Crippen MR) is 185 cm³/mol. The number of nitrogens with zero attached hydrogens (tertiary/aromatic N) is 3. The normalized spacial score (nSPS) is 15.5. The molecule has 5 N–H and O–H groups in total. The van der Waals surface area contributed by atoms with E-state index in [1.165, 1.54) is 0 Å². The lowest BCUT2D eigenvalue weighted by atomic mass is 10.2. The summed E-state index contributed by atoms with van der Waals surface area (Å²) in [4.78, 5) is 6.14. The highest BCUT2D eigenvalue weighted by molar-refractivity contribution is 4.75. The average molecular weight is 684 g/mol. The van der Waals surface area contributed by atoms with Crippen molar-refractivity contribution in [1.29, 1.82) is 0 Å². The summed E-state index contributed by atoms with van der Waals surface area (Å²) in [6.07, 6.45) is 0.777. The highest BCUT2D eigenvalue weighted by atomic mass is 16.5. The van der Waals surface area contributed by atoms with Gasteiger partial charge in [0.15, 0.2) is 0 Å². The molecule has 0 aromatic rings. The lowest BCUT2D eigenvalue weighted by Gasteiger charge is -2.33. The first-order valence-electron chi connectivity index (χ1n) is 18.1. The molecular weight excluding hydrogens is 610 g/mol. The smallest absolute Gasteiger partial charge is 0.0900 e. The van der Waals surface area contributed by atoms with Crippen molar-refractivity contribution >= 4 is 0 Å². The van der Waals surface area contributed by atoms with Crippen molar-refractivity contribution in [1.82, 2.24) is 14.7 Å². The van der Waals surface area contributed by atoms with E-state index in [-0.39, 0.29) is 33.0 Å². The number of hydrogen-bond acceptors (Lipinski definition) is 13. The van der Waals surface area contributed by atoms with E-state index in [1.807, 2.05) is 44.4 Å². The molecule has 13 nitrogen and oxygen atoms in total. The Kier molecular flexibility index (Phi) is 32.3. The largest absolute Gasteiger partial charge is 0.389 e. The van der Waals surface area contributed by atoms with Gasteiger partial charge in [0.1, 0.15) is 0 Å². The summed E-state index contributed by atoms with van der Waals surface area (Å²) in [6, 6.07) is 0. The van der Waals surface area contributed by atoms with E-state index in [9.17, 15) is 25.5 Å². The van der Waals surface area contributed by atoms with Gasteiger partial charge in [0.25, 0.3) is 0 Å². The van der Waals surface area contributed by atoms with Gasteiger partial charge >= 0.3 is 0 Å². The van der Waals surface area contributed by atoms with Crippen LogP contribution in [0.25, 0.3) is 0 Å². The highest BCUT2D eigenvalue weighted by Crippen LogP contribution is 2.05. The van der Waals surface area contributed by atoms with Crippen molar-refractivity contribution in [3.05, 3.63) is 0 Å². The Morgan fingerprint density at radius 2 is 0.532 bits per heavy atom. The van der Waals surface area contributed by atoms with E-state index < -0.39 is 30.5 Å². The van der Waals surface area contributed by atoms with Crippen LogP contribution in [0.1, 0.15) is 66.7 Å². The molecule has 13 heteroatoms. The molecule has 0 aliphatic heterocycles. The average Bonchev–Trinajstić information content (AvgIpc) is 3.02. The Morgan fingerprint density at radius 1 is 0.340 bits per heavy atom. The van der Waals surface area contributed by atoms with Gasteiger partial charge in [0.05, 0.1) is 63.6 Å². The van der Waals surface area contributed by atoms with Gasteiger partial charge < -0.3 is 49.2 Å². The maximum Gasteiger partial charge on any atom is 0.0900 e. The lowest BCUT2D eigenvalue weighted by Crippen LogP contribution is -2.48. The zero-order valence-electron chi connectivity index (χ0n) is 30.5. The maximum absolute atomic E-state index is 10.8. The third-order valence-corrected chi connectivity index (χ3v) is 7.10. The second kappa shape index (κ2) is 32.7. The van der Waals surface area contributed by atoms with Gasteiger partial charge in [-0.1, -0.05) is 34.6 Å². The van der Waals surface area contributed by atoms with Crippen LogP contribution in [0.15, 0.2) is 0 Å². The van der Waals surface area contributed by atoms with Crippen LogP contribution in [0.5, 0.6) is 0 Å². The first kappa shape index (κ1) is 46.5. The number of aliphatic hydroxyl groups is 5. The summed E-state index contributed by atoms with van der Waals surface area (Å²) in [6.45, 7) is 17.9. The molecule has 0 rings (SSSR count). The molecule has 0 amide bonds. The zero-order valence-corrected chi connectivity index (χ0v) is 30.5. The molecule has 0 saturated heterocycles. The molecule has 0 heterocycles. The molecule has 0 spiro atoms. The minimum atomic E-state index is -0.713. The van der Waals surface area contributed by atoms with Crippen molar-refractivity contribution in [2.45, 2.75) is 97.2 Å². The van der Waals surface area contributed by atoms with Crippen molar-refractivity contribution in [3.8, 4) is 0 Å². The minimum absolute atomic E-state index is 0.216. The Bertz CT molecular complexity index is 577. The minimum Gasteiger partial charge on any atom is -0.389 e. The fourth-order valence-corrected chi connectivity index (χ4v) is 4.95. The van der Waals surface area contributed by atoms with Crippen molar-refractivity contribution in [2.75, 3.05) is 125 Å². The van der Waals surface area contributed by atoms with Crippen LogP contribution in [0.4, 0.5) is 0 Å². The molecule has 0 aliphatic carbocycles. The van der Waals surface area contributed by atoms with Gasteiger partial charge in [0, 0.05) is 91.9 Å². The van der Waals surface area contributed by atoms with Gasteiger partial charge in [-0.05, 0) is 32.1 Å². The number of hydrogen-bond donors (Lipinski definition) is 5. The molecule has 0 aliphatic rings. The molecule has 0 fully saturated rings. The van der Waals surface area contributed by atoms with E-state index in [2.05, 4.69) is 4.90 Å². The van der Waals surface area contributed by atoms with Crippen molar-refractivity contribution < 1.29 is 49.2 Å². The van der Waals surface area contributed by atoms with Crippen LogP contribution in [0, 0.1) is 0 Å². The Hall–Kier alpha value is -0.520. The number of rotatable bonds is 36. The third kappa shape index (κ3) is 29.0. The standard InChI is InChI=1S/C34H73N3O10/c1-6-15-43-25-30(38)20-35(11-13-36(21-31(39)26-44-16-7-2)22-32(40)27-45-17-8-3)12-14-37(23-33(41)28-46-18-9-4)24-34(42)29-47-19-10-5/h30-34,38-42H,6-29H2,1-5H3. The monoisotopic (exact) mass is 684 g/mol. The second-order valence-corrected chi connectivity index (χ2v) is 12.5. The SMILES string of the molecule is CCCOCC(O)CN(CCN(CC(O)COCCC)CC(O)COCCC)CCN(CC(O)COCCC)CC(O)COCCC. The quantitative estimate of drug-likeness (QED) is 0.0593. The molecule has 0 radical (unpaired) electrons. The molecule has 0 bridgehead atoms. The summed E-state index contributed by atoms with van der Waals surface area (Å²) in [5.41, 5.74) is 0. The summed E-state index contributed by atoms with van der Waals surface area (Å²) < 4.78 is 27.8. The molecule has 47 heavy (non-hydrogen) atoms. The predicted octanol–water partition coefficient (Wildman–Crippen LogP) is 0.830. The summed E-state index contributed by atoms with van der Waals surface area (Å²) >= 11 is 0. The van der Waals surface area contributed by atoms with E-state index in [4.69, 9.17) is 23.7 Å². The molecule has 0 saturated carbocycles. The van der Waals surface area contributed by atoms with Crippen LogP contribution in [-0.4, -0.2) is 196 Å². The van der Waals surface area contributed by atoms with Crippen LogP contribution in [0.3, 0.4) is 0 Å². The molecule has 0 aromatic carbocycles. The fraction of sp³-hybridized carbons (Fsp3) is 1.00. The first-order chi connectivity index (χ1) is 22.7. The van der Waals surface area contributed by atoms with Gasteiger partial charge in [-0.3, -0.25) is 14.7 Å². The third-order valence-electron chi connectivity index (χ3n) is 7.10. The van der Waals surface area contributed by atoms with Crippen LogP contribution in [-0.2, 0) is 23.7 Å². The molecule has 5 unspecified atom stereocenters. The Labute approximate surface area is 286 Å². The van der Waals surface area contributed by atoms with E-state index in [0.717, 1.165) is 32.1 Å². The van der Waals surface area contributed by atoms with Crippen molar-refractivity contribution in [2.24, 2.45) is 0 Å². The van der Waals surface area contributed by atoms with Crippen LogP contribution >= 0.6 is 0 Å². The van der Waals surface area contributed by atoms with Gasteiger partial charge in [-0.15, -0.1) is 0 Å². The molecular formula is C34H73N3O10. The fourth-order valence-electron chi connectivity index (χ4n) is 4.95. The zero-order chi connectivity index (χ0) is 35.1. The Balaban J connectivity index is 5.64. The molecule has 0 aromatic heterocycles. The van der Waals surface area contributed by atoms with E-state index in [1.54, 1.807) is 0 Å². The van der Waals surface area contributed by atoms with Crippen LogP contribution < -0.4 is 0 Å². The Morgan fingerprint density at radius 3 is 0.745 bits per heavy atom. The van der Waals surface area contributed by atoms with Gasteiger partial charge in [0.2, 0.25) is 0 Å². The van der Waals surface area contributed by atoms with Crippen LogP contribution in [0.2, 0.25) is 0 Å². The lowest BCUT2D eigenvalue weighted by molar-refractivity contribution is -0.0201. The maximum atomic E-state index is 10.8. The summed E-state index contributed by atoms with van der Waals surface area (Å²) in [7, 11) is 0. The number of aliphatic hydroxyl groups excluding tert-OH is 5. The van der Waals surface area contributed by atoms with E-state index in [0.29, 0.717) is 91.9 Å². The van der Waals surface area contributed by atoms with Gasteiger partial charge in [-0.2, -0.15) is 0 Å². The highest BCUT2D eigenvalue weighted by Gasteiger charge is 2.21. The number of ether oxygens (including phenoxy) is 5. The van der Waals surface area contributed by atoms with Crippen molar-refractivity contribution in [3.63, 3.8) is 0 Å². The summed E-state index contributed by atoms with van der Waals surface area (Å²) in [5.74, 6) is 0. The second-order valence-electron chi connectivity index (χ2n) is 12.5. The van der Waals surface area contributed by atoms with E-state index >= 15 is 0 Å². The topological polar surface area (TPSA) is 157 Å². The van der Waals surface area contributed by atoms with Gasteiger partial charge in [-0.25, -0.2) is 0 Å². The first-order valence-corrected chi connectivity index (χ1v) is 18.1.